The van der Waals surface area contributed by atoms with Gasteiger partial charge in [0, 0.05) is 17.1 Å². The molecule has 0 saturated heterocycles. The molecule has 106 valence electrons. The van der Waals surface area contributed by atoms with E-state index in [0.29, 0.717) is 5.56 Å². The van der Waals surface area contributed by atoms with Crippen LogP contribution in [0.25, 0.3) is 10.9 Å². The zero-order valence-electron chi connectivity index (χ0n) is 11.3. The second-order valence-electron chi connectivity index (χ2n) is 4.98. The molecule has 0 aliphatic heterocycles. The van der Waals surface area contributed by atoms with Gasteiger partial charge < -0.3 is 5.11 Å². The Morgan fingerprint density at radius 3 is 2.38 bits per heavy atom. The Balaban J connectivity index is 2.19. The van der Waals surface area contributed by atoms with Crippen molar-refractivity contribution in [2.24, 2.45) is 0 Å². The summed E-state index contributed by atoms with van der Waals surface area (Å²) in [5.41, 5.74) is 2.24. The van der Waals surface area contributed by atoms with Gasteiger partial charge in [-0.1, -0.05) is 18.2 Å². The van der Waals surface area contributed by atoms with Crippen LogP contribution in [0.5, 0.6) is 0 Å². The molecule has 1 atom stereocenters. The Morgan fingerprint density at radius 1 is 1.00 bits per heavy atom. The quantitative estimate of drug-likeness (QED) is 0.774. The lowest BCUT2D eigenvalue weighted by atomic mass is 9.97. The van der Waals surface area contributed by atoms with Crippen molar-refractivity contribution in [3.05, 3.63) is 77.0 Å². The van der Waals surface area contributed by atoms with Crippen molar-refractivity contribution in [3.8, 4) is 0 Å². The lowest BCUT2D eigenvalue weighted by Gasteiger charge is -2.15. The number of aliphatic hydroxyl groups is 1. The molecule has 2 aromatic carbocycles. The molecule has 1 heterocycles. The van der Waals surface area contributed by atoms with Crippen LogP contribution in [0.1, 0.15) is 22.9 Å². The third-order valence-electron chi connectivity index (χ3n) is 3.37. The van der Waals surface area contributed by atoms with E-state index in [-0.39, 0.29) is 5.56 Å². The van der Waals surface area contributed by atoms with Crippen molar-refractivity contribution in [2.45, 2.75) is 13.0 Å². The van der Waals surface area contributed by atoms with E-state index in [9.17, 15) is 13.9 Å². The molecule has 0 spiro atoms. The van der Waals surface area contributed by atoms with Gasteiger partial charge in [-0.25, -0.2) is 8.78 Å². The van der Waals surface area contributed by atoms with E-state index < -0.39 is 17.7 Å². The zero-order chi connectivity index (χ0) is 15.0. The number of rotatable bonds is 2. The van der Waals surface area contributed by atoms with Crippen LogP contribution in [0.3, 0.4) is 0 Å². The first kappa shape index (κ1) is 13.6. The van der Waals surface area contributed by atoms with Gasteiger partial charge in [0.2, 0.25) is 0 Å². The van der Waals surface area contributed by atoms with Crippen LogP contribution >= 0.6 is 0 Å². The second-order valence-corrected chi connectivity index (χ2v) is 4.98. The van der Waals surface area contributed by atoms with Crippen molar-refractivity contribution >= 4 is 10.9 Å². The van der Waals surface area contributed by atoms with Crippen LogP contribution in [-0.2, 0) is 0 Å². The van der Waals surface area contributed by atoms with Gasteiger partial charge in [-0.15, -0.1) is 0 Å². The van der Waals surface area contributed by atoms with Crippen molar-refractivity contribution in [2.75, 3.05) is 0 Å². The van der Waals surface area contributed by atoms with Gasteiger partial charge in [-0.2, -0.15) is 0 Å². The highest BCUT2D eigenvalue weighted by molar-refractivity contribution is 5.83. The fraction of sp³-hybridized carbons (Fsp3) is 0.118. The fourth-order valence-corrected chi connectivity index (χ4v) is 2.48. The monoisotopic (exact) mass is 285 g/mol. The molecule has 21 heavy (non-hydrogen) atoms. The van der Waals surface area contributed by atoms with Gasteiger partial charge in [0.25, 0.3) is 0 Å². The molecule has 1 aromatic heterocycles. The number of hydrogen-bond acceptors (Lipinski definition) is 2. The Kier molecular flexibility index (Phi) is 3.39. The first-order chi connectivity index (χ1) is 10.0. The summed E-state index contributed by atoms with van der Waals surface area (Å²) in [6.45, 7) is 1.81. The molecule has 0 amide bonds. The molecule has 3 aromatic rings. The first-order valence-corrected chi connectivity index (χ1v) is 6.55. The number of aryl methyl sites for hydroxylation is 1. The highest BCUT2D eigenvalue weighted by Crippen LogP contribution is 2.29. The molecular weight excluding hydrogens is 272 g/mol. The van der Waals surface area contributed by atoms with E-state index in [0.717, 1.165) is 34.8 Å². The number of aliphatic hydroxyl groups excluding tert-OH is 1. The number of benzene rings is 2. The summed E-state index contributed by atoms with van der Waals surface area (Å²) in [5, 5.41) is 11.3. The summed E-state index contributed by atoms with van der Waals surface area (Å²) >= 11 is 0. The molecule has 3 rings (SSSR count). The molecule has 1 N–H and O–H groups in total. The average Bonchev–Trinajstić information content (AvgIpc) is 2.44. The summed E-state index contributed by atoms with van der Waals surface area (Å²) < 4.78 is 26.7. The van der Waals surface area contributed by atoms with E-state index in [1.165, 1.54) is 0 Å². The van der Waals surface area contributed by atoms with Crippen LogP contribution in [-0.4, -0.2) is 10.1 Å². The van der Waals surface area contributed by atoms with Crippen LogP contribution in [0.15, 0.2) is 48.5 Å². The number of pyridine rings is 1. The topological polar surface area (TPSA) is 33.1 Å². The van der Waals surface area contributed by atoms with Crippen LogP contribution in [0.4, 0.5) is 8.78 Å². The van der Waals surface area contributed by atoms with Gasteiger partial charge in [-0.05, 0) is 42.3 Å². The highest BCUT2D eigenvalue weighted by Gasteiger charge is 2.16. The Bertz CT molecular complexity index is 797. The third-order valence-corrected chi connectivity index (χ3v) is 3.37. The van der Waals surface area contributed by atoms with E-state index in [1.54, 1.807) is 6.07 Å². The molecule has 0 aliphatic carbocycles. The molecule has 0 radical (unpaired) electrons. The number of hydrogen-bond donors (Lipinski definition) is 1. The summed E-state index contributed by atoms with van der Waals surface area (Å²) in [6.07, 6.45) is -1.11. The minimum Gasteiger partial charge on any atom is -0.384 e. The number of halogens is 2. The van der Waals surface area contributed by atoms with E-state index in [1.807, 2.05) is 31.2 Å². The summed E-state index contributed by atoms with van der Waals surface area (Å²) in [5.74, 6) is -1.42. The maximum atomic E-state index is 13.3. The summed E-state index contributed by atoms with van der Waals surface area (Å²) in [6, 6.07) is 12.1. The minimum atomic E-state index is -1.11. The van der Waals surface area contributed by atoms with Crippen molar-refractivity contribution in [3.63, 3.8) is 0 Å². The number of para-hydroxylation sites is 1. The minimum absolute atomic E-state index is 0.184. The van der Waals surface area contributed by atoms with Crippen LogP contribution < -0.4 is 0 Å². The van der Waals surface area contributed by atoms with E-state index in [2.05, 4.69) is 4.98 Å². The molecule has 0 bridgehead atoms. The standard InChI is InChI=1S/C17H13F2NO/c1-10-6-15(14-4-2-3-5-16(14)20-10)17(21)11-7-12(18)9-13(19)8-11/h2-9,17,21H,1H3. The number of nitrogens with zero attached hydrogens (tertiary/aromatic N) is 1. The molecule has 1 unspecified atom stereocenters. The Labute approximate surface area is 120 Å². The summed E-state index contributed by atoms with van der Waals surface area (Å²) in [4.78, 5) is 4.39. The molecule has 0 fully saturated rings. The first-order valence-electron chi connectivity index (χ1n) is 6.55. The molecule has 4 heteroatoms. The average molecular weight is 285 g/mol. The molecule has 0 aliphatic rings. The smallest absolute Gasteiger partial charge is 0.126 e. The lowest BCUT2D eigenvalue weighted by Crippen LogP contribution is -2.03. The lowest BCUT2D eigenvalue weighted by molar-refractivity contribution is 0.220. The van der Waals surface area contributed by atoms with E-state index >= 15 is 0 Å². The summed E-state index contributed by atoms with van der Waals surface area (Å²) in [7, 11) is 0. The van der Waals surface area contributed by atoms with Gasteiger partial charge in [0.05, 0.1) is 5.52 Å². The maximum Gasteiger partial charge on any atom is 0.126 e. The van der Waals surface area contributed by atoms with Gasteiger partial charge >= 0.3 is 0 Å². The Morgan fingerprint density at radius 2 is 1.67 bits per heavy atom. The molecule has 2 nitrogen and oxygen atoms in total. The predicted molar refractivity (Wildman–Crippen MR) is 76.9 cm³/mol. The number of aromatic nitrogens is 1. The number of fused-ring (bicyclic) bond motifs is 1. The zero-order valence-corrected chi connectivity index (χ0v) is 11.3. The molecule has 0 saturated carbocycles. The van der Waals surface area contributed by atoms with Crippen molar-refractivity contribution < 1.29 is 13.9 Å². The van der Waals surface area contributed by atoms with Crippen LogP contribution in [0, 0.1) is 18.6 Å². The third kappa shape index (κ3) is 2.62. The van der Waals surface area contributed by atoms with E-state index in [4.69, 9.17) is 0 Å². The fourth-order valence-electron chi connectivity index (χ4n) is 2.48. The van der Waals surface area contributed by atoms with Crippen LogP contribution in [0.2, 0.25) is 0 Å². The van der Waals surface area contributed by atoms with Gasteiger partial charge in [0.1, 0.15) is 17.7 Å². The SMILES string of the molecule is Cc1cc(C(O)c2cc(F)cc(F)c2)c2ccccc2n1. The highest BCUT2D eigenvalue weighted by atomic mass is 19.1. The second kappa shape index (κ2) is 5.22. The Hall–Kier alpha value is -2.33. The predicted octanol–water partition coefficient (Wildman–Crippen LogP) is 3.90. The maximum absolute atomic E-state index is 13.3. The largest absolute Gasteiger partial charge is 0.384 e. The van der Waals surface area contributed by atoms with Crippen molar-refractivity contribution in [1.82, 2.24) is 4.98 Å². The normalized spacial score (nSPS) is 12.6. The van der Waals surface area contributed by atoms with Gasteiger partial charge in [0.15, 0.2) is 0 Å². The molecular formula is C17H13F2NO. The van der Waals surface area contributed by atoms with Gasteiger partial charge in [-0.3, -0.25) is 4.98 Å². The van der Waals surface area contributed by atoms with Crippen molar-refractivity contribution in [1.29, 1.82) is 0 Å².